The zero-order chi connectivity index (χ0) is 17.8. The van der Waals surface area contributed by atoms with Crippen LogP contribution in [0.3, 0.4) is 0 Å². The smallest absolute Gasteiger partial charge is 0.308 e. The van der Waals surface area contributed by atoms with Gasteiger partial charge in [0.05, 0.1) is 32.5 Å². The highest BCUT2D eigenvalue weighted by Crippen LogP contribution is 2.23. The fraction of sp³-hybridized carbons (Fsp3) is 0.588. The van der Waals surface area contributed by atoms with E-state index in [1.54, 1.807) is 21.9 Å². The number of likely N-dealkylation sites (tertiary alicyclic amines) is 1. The molecule has 0 spiro atoms. The topological polar surface area (TPSA) is 89.3 Å². The molecule has 8 nitrogen and oxygen atoms in total. The molecule has 2 fully saturated rings. The number of esters is 1. The van der Waals surface area contributed by atoms with Crippen LogP contribution in [0.4, 0.5) is 0 Å². The lowest BCUT2D eigenvalue weighted by Crippen LogP contribution is -2.53. The first-order chi connectivity index (χ1) is 12.1. The van der Waals surface area contributed by atoms with Gasteiger partial charge in [-0.3, -0.25) is 14.4 Å². The van der Waals surface area contributed by atoms with Crippen LogP contribution in [0.5, 0.6) is 0 Å². The van der Waals surface area contributed by atoms with Gasteiger partial charge in [0.15, 0.2) is 5.76 Å². The molecular formula is C17H22N2O6. The van der Waals surface area contributed by atoms with Crippen LogP contribution >= 0.6 is 0 Å². The molecule has 0 unspecified atom stereocenters. The summed E-state index contributed by atoms with van der Waals surface area (Å²) in [6.07, 6.45) is 2.59. The van der Waals surface area contributed by atoms with Crippen molar-refractivity contribution < 1.29 is 28.3 Å². The Hall–Kier alpha value is -2.35. The number of nitrogens with zero attached hydrogens (tertiary/aromatic N) is 2. The van der Waals surface area contributed by atoms with E-state index in [1.165, 1.54) is 13.4 Å². The van der Waals surface area contributed by atoms with Crippen molar-refractivity contribution in [3.8, 4) is 0 Å². The minimum absolute atomic E-state index is 0.101. The second kappa shape index (κ2) is 7.69. The van der Waals surface area contributed by atoms with Gasteiger partial charge in [-0.1, -0.05) is 0 Å². The van der Waals surface area contributed by atoms with Crippen LogP contribution in [0.15, 0.2) is 22.8 Å². The van der Waals surface area contributed by atoms with Crippen LogP contribution in [0, 0.1) is 0 Å². The van der Waals surface area contributed by atoms with Crippen molar-refractivity contribution in [2.75, 3.05) is 33.4 Å². The molecule has 1 aromatic heterocycles. The number of hydrogen-bond acceptors (Lipinski definition) is 6. The first kappa shape index (κ1) is 17.5. The molecule has 0 N–H and O–H groups in total. The maximum absolute atomic E-state index is 12.9. The number of ether oxygens (including phenoxy) is 2. The maximum Gasteiger partial charge on any atom is 0.308 e. The molecule has 0 aromatic carbocycles. The second-order valence-electron chi connectivity index (χ2n) is 6.19. The first-order valence-corrected chi connectivity index (χ1v) is 8.42. The molecular weight excluding hydrogens is 328 g/mol. The molecule has 0 radical (unpaired) electrons. The van der Waals surface area contributed by atoms with E-state index >= 15 is 0 Å². The highest BCUT2D eigenvalue weighted by Gasteiger charge is 2.39. The summed E-state index contributed by atoms with van der Waals surface area (Å²) in [6.45, 7) is 1.68. The van der Waals surface area contributed by atoms with Gasteiger partial charge in [0, 0.05) is 19.6 Å². The van der Waals surface area contributed by atoms with E-state index in [2.05, 4.69) is 4.74 Å². The van der Waals surface area contributed by atoms with Gasteiger partial charge in [-0.05, 0) is 25.0 Å². The summed E-state index contributed by atoms with van der Waals surface area (Å²) in [5.41, 5.74) is 0. The molecule has 2 aliphatic heterocycles. The van der Waals surface area contributed by atoms with Crippen molar-refractivity contribution in [3.63, 3.8) is 0 Å². The molecule has 8 heteroatoms. The summed E-state index contributed by atoms with van der Waals surface area (Å²) >= 11 is 0. The van der Waals surface area contributed by atoms with Crippen LogP contribution in [-0.2, 0) is 19.1 Å². The number of furan rings is 1. The van der Waals surface area contributed by atoms with Gasteiger partial charge < -0.3 is 23.7 Å². The SMILES string of the molecule is COC(=O)C[C@@H]1CN(C(=O)[C@H]2CCCN2C(=O)c2ccco2)CCO1. The first-order valence-electron chi connectivity index (χ1n) is 8.42. The van der Waals surface area contributed by atoms with E-state index < -0.39 is 6.04 Å². The van der Waals surface area contributed by atoms with Crippen LogP contribution in [-0.4, -0.2) is 73.1 Å². The van der Waals surface area contributed by atoms with Gasteiger partial charge in [0.25, 0.3) is 5.91 Å². The van der Waals surface area contributed by atoms with Gasteiger partial charge in [0.1, 0.15) is 6.04 Å². The van der Waals surface area contributed by atoms with E-state index in [4.69, 9.17) is 9.15 Å². The van der Waals surface area contributed by atoms with E-state index in [1.807, 2.05) is 0 Å². The molecule has 3 rings (SSSR count). The van der Waals surface area contributed by atoms with Crippen molar-refractivity contribution >= 4 is 17.8 Å². The standard InChI is InChI=1S/C17H22N2O6/c1-23-15(20)10-12-11-18(7-9-24-12)16(21)13-4-2-6-19(13)17(22)14-5-3-8-25-14/h3,5,8,12-13H,2,4,6-7,9-11H2,1H3/t12-,13-/m1/s1. The Morgan fingerprint density at radius 2 is 2.16 bits per heavy atom. The molecule has 0 bridgehead atoms. The third-order valence-electron chi connectivity index (χ3n) is 4.60. The van der Waals surface area contributed by atoms with Gasteiger partial charge in [-0.25, -0.2) is 0 Å². The normalized spacial score (nSPS) is 23.6. The van der Waals surface area contributed by atoms with Gasteiger partial charge in [-0.15, -0.1) is 0 Å². The Morgan fingerprint density at radius 3 is 2.88 bits per heavy atom. The molecule has 1 aromatic rings. The summed E-state index contributed by atoms with van der Waals surface area (Å²) in [5, 5.41) is 0. The van der Waals surface area contributed by atoms with E-state index in [9.17, 15) is 14.4 Å². The molecule has 3 heterocycles. The largest absolute Gasteiger partial charge is 0.469 e. The Bertz CT molecular complexity index is 629. The Morgan fingerprint density at radius 1 is 1.32 bits per heavy atom. The zero-order valence-electron chi connectivity index (χ0n) is 14.2. The molecule has 2 atom stereocenters. The third kappa shape index (κ3) is 3.84. The fourth-order valence-corrected chi connectivity index (χ4v) is 3.33. The number of carbonyl (C=O) groups excluding carboxylic acids is 3. The van der Waals surface area contributed by atoms with Crippen LogP contribution in [0.25, 0.3) is 0 Å². The second-order valence-corrected chi connectivity index (χ2v) is 6.19. The van der Waals surface area contributed by atoms with Crippen LogP contribution < -0.4 is 0 Å². The van der Waals surface area contributed by atoms with E-state index in [-0.39, 0.29) is 36.1 Å². The van der Waals surface area contributed by atoms with E-state index in [0.29, 0.717) is 32.7 Å². The summed E-state index contributed by atoms with van der Waals surface area (Å²) in [5.74, 6) is -0.490. The lowest BCUT2D eigenvalue weighted by molar-refractivity contribution is -0.151. The monoisotopic (exact) mass is 350 g/mol. The Kier molecular flexibility index (Phi) is 5.37. The quantitative estimate of drug-likeness (QED) is 0.742. The Labute approximate surface area is 145 Å². The predicted octanol–water partition coefficient (Wildman–Crippen LogP) is 0.675. The minimum atomic E-state index is -0.491. The van der Waals surface area contributed by atoms with Crippen molar-refractivity contribution in [2.45, 2.75) is 31.4 Å². The summed E-state index contributed by atoms with van der Waals surface area (Å²) in [7, 11) is 1.32. The molecule has 2 saturated heterocycles. The highest BCUT2D eigenvalue weighted by atomic mass is 16.5. The molecule has 25 heavy (non-hydrogen) atoms. The fourth-order valence-electron chi connectivity index (χ4n) is 3.33. The Balaban J connectivity index is 1.65. The number of amides is 2. The molecule has 0 aliphatic carbocycles. The minimum Gasteiger partial charge on any atom is -0.469 e. The number of morpholine rings is 1. The third-order valence-corrected chi connectivity index (χ3v) is 4.60. The van der Waals surface area contributed by atoms with Crippen LogP contribution in [0.1, 0.15) is 29.8 Å². The van der Waals surface area contributed by atoms with Crippen molar-refractivity contribution in [1.82, 2.24) is 9.80 Å². The number of carbonyl (C=O) groups is 3. The van der Waals surface area contributed by atoms with Crippen LogP contribution in [0.2, 0.25) is 0 Å². The zero-order valence-corrected chi connectivity index (χ0v) is 14.2. The average Bonchev–Trinajstić information content (AvgIpc) is 3.32. The van der Waals surface area contributed by atoms with Crippen molar-refractivity contribution in [2.24, 2.45) is 0 Å². The van der Waals surface area contributed by atoms with Crippen molar-refractivity contribution in [3.05, 3.63) is 24.2 Å². The van der Waals surface area contributed by atoms with Gasteiger partial charge in [0.2, 0.25) is 5.91 Å². The van der Waals surface area contributed by atoms with Crippen molar-refractivity contribution in [1.29, 1.82) is 0 Å². The lowest BCUT2D eigenvalue weighted by atomic mass is 10.1. The van der Waals surface area contributed by atoms with Gasteiger partial charge >= 0.3 is 5.97 Å². The molecule has 2 amide bonds. The number of methoxy groups -OCH3 is 1. The number of rotatable bonds is 4. The summed E-state index contributed by atoms with van der Waals surface area (Å²) < 4.78 is 15.4. The maximum atomic E-state index is 12.9. The van der Waals surface area contributed by atoms with E-state index in [0.717, 1.165) is 6.42 Å². The van der Waals surface area contributed by atoms with Gasteiger partial charge in [-0.2, -0.15) is 0 Å². The lowest BCUT2D eigenvalue weighted by Gasteiger charge is -2.35. The highest BCUT2D eigenvalue weighted by molar-refractivity contribution is 5.96. The molecule has 2 aliphatic rings. The molecule has 0 saturated carbocycles. The number of hydrogen-bond donors (Lipinski definition) is 0. The summed E-state index contributed by atoms with van der Waals surface area (Å²) in [6, 6.07) is 2.76. The molecule has 136 valence electrons. The average molecular weight is 350 g/mol. The predicted molar refractivity (Wildman–Crippen MR) is 85.7 cm³/mol. The summed E-state index contributed by atoms with van der Waals surface area (Å²) in [4.78, 5) is 40.1.